The number of benzene rings is 2. The van der Waals surface area contributed by atoms with Crippen molar-refractivity contribution in [3.05, 3.63) is 59.7 Å². The first-order valence-electron chi connectivity index (χ1n) is 13.9. The summed E-state index contributed by atoms with van der Waals surface area (Å²) in [4.78, 5) is 10.2. The summed E-state index contributed by atoms with van der Waals surface area (Å²) in [6, 6.07) is 14.8. The molecule has 0 saturated carbocycles. The molecule has 0 atom stereocenters. The van der Waals surface area contributed by atoms with Gasteiger partial charge in [0, 0.05) is 17.1 Å². The molecule has 4 nitrogen and oxygen atoms in total. The van der Waals surface area contributed by atoms with Crippen LogP contribution >= 0.6 is 7.82 Å². The van der Waals surface area contributed by atoms with Crippen LogP contribution in [-0.2, 0) is 34.5 Å². The topological polar surface area (TPSA) is 55.8 Å². The van der Waals surface area contributed by atoms with Crippen LogP contribution in [0.5, 0.6) is 11.5 Å². The van der Waals surface area contributed by atoms with E-state index in [1.165, 1.54) is 101 Å². The zero-order valence-electron chi connectivity index (χ0n) is 22.4. The molecule has 0 aliphatic rings. The van der Waals surface area contributed by atoms with Gasteiger partial charge in [-0.1, -0.05) is 115 Å². The van der Waals surface area contributed by atoms with Gasteiger partial charge in [-0.3, -0.25) is 4.89 Å². The summed E-state index contributed by atoms with van der Waals surface area (Å²) in [7, 11) is -4.25. The van der Waals surface area contributed by atoms with Crippen LogP contribution in [0.25, 0.3) is 0 Å². The third-order valence-electron chi connectivity index (χ3n) is 6.43. The Labute approximate surface area is 230 Å². The van der Waals surface area contributed by atoms with Crippen LogP contribution < -0.4 is 9.05 Å². The minimum absolute atomic E-state index is 0. The zero-order chi connectivity index (χ0) is 25.2. The molecule has 0 saturated heterocycles. The molecule has 204 valence electrons. The van der Waals surface area contributed by atoms with E-state index in [9.17, 15) is 9.46 Å². The third-order valence-corrected chi connectivity index (χ3v) is 7.31. The second-order valence-electron chi connectivity index (χ2n) is 9.68. The SMILES string of the molecule is CCCCCCCCCc1ccc(OP(=O)(O)Oc2ccc(CCCCCCCCC)cc2)cc1.[Fe]. The van der Waals surface area contributed by atoms with Crippen molar-refractivity contribution >= 4 is 7.82 Å². The van der Waals surface area contributed by atoms with Gasteiger partial charge in [0.05, 0.1) is 0 Å². The van der Waals surface area contributed by atoms with Crippen LogP contribution in [-0.4, -0.2) is 4.89 Å². The predicted octanol–water partition coefficient (Wildman–Crippen LogP) is 9.83. The summed E-state index contributed by atoms with van der Waals surface area (Å²) in [6.07, 6.45) is 20.1. The number of rotatable bonds is 20. The number of phosphoric ester groups is 1. The van der Waals surface area contributed by atoms with Crippen LogP contribution in [0.1, 0.15) is 115 Å². The summed E-state index contributed by atoms with van der Waals surface area (Å²) in [6.45, 7) is 4.48. The van der Waals surface area contributed by atoms with Gasteiger partial charge in [-0.2, -0.15) is 0 Å². The molecule has 2 rings (SSSR count). The Kier molecular flexibility index (Phi) is 18.0. The fourth-order valence-corrected chi connectivity index (χ4v) is 5.10. The fourth-order valence-electron chi connectivity index (χ4n) is 4.29. The van der Waals surface area contributed by atoms with Gasteiger partial charge in [-0.25, -0.2) is 4.57 Å². The van der Waals surface area contributed by atoms with Crippen LogP contribution in [0.3, 0.4) is 0 Å². The Balaban J connectivity index is 0.00000648. The average Bonchev–Trinajstić information content (AvgIpc) is 2.84. The van der Waals surface area contributed by atoms with Gasteiger partial charge in [0.15, 0.2) is 0 Å². The average molecular weight is 559 g/mol. The van der Waals surface area contributed by atoms with E-state index in [1.54, 1.807) is 24.3 Å². The smallest absolute Gasteiger partial charge is 0.395 e. The van der Waals surface area contributed by atoms with Crippen molar-refractivity contribution in [3.63, 3.8) is 0 Å². The molecule has 0 fully saturated rings. The maximum atomic E-state index is 12.5. The minimum Gasteiger partial charge on any atom is -0.395 e. The molecule has 0 heterocycles. The van der Waals surface area contributed by atoms with Gasteiger partial charge in [-0.15, -0.1) is 0 Å². The Bertz CT molecular complexity index is 772. The van der Waals surface area contributed by atoms with Gasteiger partial charge < -0.3 is 9.05 Å². The summed E-state index contributed by atoms with van der Waals surface area (Å²) in [5.74, 6) is 0.685. The molecule has 0 aliphatic carbocycles. The molecule has 0 unspecified atom stereocenters. The molecule has 2 aromatic rings. The van der Waals surface area contributed by atoms with E-state index in [0.717, 1.165) is 12.8 Å². The second kappa shape index (κ2) is 19.8. The van der Waals surface area contributed by atoms with Crippen LogP contribution in [0.2, 0.25) is 0 Å². The molecule has 1 N–H and O–H groups in total. The Hall–Kier alpha value is -1.25. The number of unbranched alkanes of at least 4 members (excludes halogenated alkanes) is 12. The van der Waals surface area contributed by atoms with Crippen molar-refractivity contribution in [2.75, 3.05) is 0 Å². The standard InChI is InChI=1S/C30H47O4P.Fe/c1-3-5-7-9-11-13-15-17-27-19-23-29(24-20-27)33-35(31,32)34-30-25-21-28(22-26-30)18-16-14-12-10-8-6-4-2;/h19-26H,3-18H2,1-2H3,(H,31,32);. The second-order valence-corrected chi connectivity index (χ2v) is 11.0. The Morgan fingerprint density at radius 1 is 0.556 bits per heavy atom. The van der Waals surface area contributed by atoms with Crippen LogP contribution in [0.4, 0.5) is 0 Å². The fraction of sp³-hybridized carbons (Fsp3) is 0.600. The van der Waals surface area contributed by atoms with E-state index >= 15 is 0 Å². The number of hydrogen-bond acceptors (Lipinski definition) is 3. The van der Waals surface area contributed by atoms with Gasteiger partial charge in [0.1, 0.15) is 11.5 Å². The third kappa shape index (κ3) is 15.1. The normalized spacial score (nSPS) is 11.2. The van der Waals surface area contributed by atoms with Gasteiger partial charge in [-0.05, 0) is 61.1 Å². The maximum Gasteiger partial charge on any atom is 0.584 e. The van der Waals surface area contributed by atoms with Crippen molar-refractivity contribution in [2.24, 2.45) is 0 Å². The molecule has 36 heavy (non-hydrogen) atoms. The first kappa shape index (κ1) is 32.8. The Morgan fingerprint density at radius 2 is 0.861 bits per heavy atom. The van der Waals surface area contributed by atoms with Crippen molar-refractivity contribution in [1.29, 1.82) is 0 Å². The van der Waals surface area contributed by atoms with E-state index < -0.39 is 7.82 Å². The van der Waals surface area contributed by atoms with E-state index in [2.05, 4.69) is 13.8 Å². The van der Waals surface area contributed by atoms with Crippen molar-refractivity contribution in [3.8, 4) is 11.5 Å². The van der Waals surface area contributed by atoms with E-state index in [0.29, 0.717) is 11.5 Å². The molecule has 6 heteroatoms. The van der Waals surface area contributed by atoms with E-state index in [4.69, 9.17) is 9.05 Å². The molecular weight excluding hydrogens is 511 g/mol. The molecule has 0 aliphatic heterocycles. The van der Waals surface area contributed by atoms with Crippen molar-refractivity contribution < 1.29 is 35.6 Å². The molecule has 0 amide bonds. The van der Waals surface area contributed by atoms with Crippen LogP contribution in [0.15, 0.2) is 48.5 Å². The van der Waals surface area contributed by atoms with Crippen molar-refractivity contribution in [2.45, 2.75) is 117 Å². The van der Waals surface area contributed by atoms with Gasteiger partial charge >= 0.3 is 7.82 Å². The Morgan fingerprint density at radius 3 is 1.19 bits per heavy atom. The molecular formula is C30H47FeO4P. The molecule has 0 spiro atoms. The zero-order valence-corrected chi connectivity index (χ0v) is 24.4. The summed E-state index contributed by atoms with van der Waals surface area (Å²) in [5.41, 5.74) is 2.44. The quantitative estimate of drug-likeness (QED) is 0.0998. The van der Waals surface area contributed by atoms with Gasteiger partial charge in [0.25, 0.3) is 0 Å². The molecule has 2 aromatic carbocycles. The van der Waals surface area contributed by atoms with Crippen molar-refractivity contribution in [1.82, 2.24) is 0 Å². The first-order valence-corrected chi connectivity index (χ1v) is 15.4. The first-order chi connectivity index (χ1) is 17.0. The minimum atomic E-state index is -4.25. The number of aryl methyl sites for hydroxylation is 2. The summed E-state index contributed by atoms with van der Waals surface area (Å²) in [5, 5.41) is 0. The predicted molar refractivity (Wildman–Crippen MR) is 147 cm³/mol. The van der Waals surface area contributed by atoms with Crippen LogP contribution in [0, 0.1) is 0 Å². The number of phosphoric acid groups is 1. The number of hydrogen-bond donors (Lipinski definition) is 1. The van der Waals surface area contributed by atoms with E-state index in [1.807, 2.05) is 24.3 Å². The molecule has 0 bridgehead atoms. The molecule has 0 aromatic heterocycles. The van der Waals surface area contributed by atoms with Gasteiger partial charge in [0.2, 0.25) is 0 Å². The summed E-state index contributed by atoms with van der Waals surface area (Å²) < 4.78 is 23.0. The molecule has 0 radical (unpaired) electrons. The maximum absolute atomic E-state index is 12.5. The summed E-state index contributed by atoms with van der Waals surface area (Å²) >= 11 is 0. The largest absolute Gasteiger partial charge is 0.584 e. The monoisotopic (exact) mass is 558 g/mol. The van der Waals surface area contributed by atoms with E-state index in [-0.39, 0.29) is 17.1 Å².